The van der Waals surface area contributed by atoms with Crippen LogP contribution < -0.4 is 10.1 Å². The van der Waals surface area contributed by atoms with Crippen molar-refractivity contribution in [1.29, 1.82) is 0 Å². The molecule has 7 heteroatoms. The van der Waals surface area contributed by atoms with Gasteiger partial charge in [0.25, 0.3) is 5.91 Å². The van der Waals surface area contributed by atoms with Gasteiger partial charge in [-0.2, -0.15) is 0 Å². The third-order valence-corrected chi connectivity index (χ3v) is 4.32. The normalized spacial score (nSPS) is 10.8. The second-order valence-corrected chi connectivity index (χ2v) is 6.03. The van der Waals surface area contributed by atoms with Gasteiger partial charge in [-0.15, -0.1) is 0 Å². The monoisotopic (exact) mass is 363 g/mol. The number of ether oxygens (including phenoxy) is 1. The largest absolute Gasteiger partial charge is 0.484 e. The van der Waals surface area contributed by atoms with Crippen molar-refractivity contribution < 1.29 is 9.53 Å². The number of para-hydroxylation sites is 2. The van der Waals surface area contributed by atoms with E-state index in [1.165, 1.54) is 0 Å². The van der Waals surface area contributed by atoms with Gasteiger partial charge in [-0.05, 0) is 24.3 Å². The van der Waals surface area contributed by atoms with Gasteiger partial charge in [-0.1, -0.05) is 35.3 Å². The smallest absolute Gasteiger partial charge is 0.258 e. The predicted molar refractivity (Wildman–Crippen MR) is 94.5 cm³/mol. The molecule has 1 aromatic heterocycles. The Morgan fingerprint density at radius 2 is 2.00 bits per heavy atom. The lowest BCUT2D eigenvalue weighted by Gasteiger charge is -2.08. The summed E-state index contributed by atoms with van der Waals surface area (Å²) in [6.07, 6.45) is 0. The fourth-order valence-electron chi connectivity index (χ4n) is 2.30. The van der Waals surface area contributed by atoms with Gasteiger partial charge in [0.1, 0.15) is 11.6 Å². The molecule has 5 nitrogen and oxygen atoms in total. The van der Waals surface area contributed by atoms with Gasteiger partial charge in [0.05, 0.1) is 27.6 Å². The van der Waals surface area contributed by atoms with Crippen LogP contribution in [0.5, 0.6) is 5.75 Å². The number of nitrogens with one attached hydrogen (secondary N) is 1. The Balaban J connectivity index is 1.56. The van der Waals surface area contributed by atoms with Crippen molar-refractivity contribution in [2.24, 2.45) is 7.05 Å². The zero-order chi connectivity index (χ0) is 17.1. The molecule has 2 aromatic carbocycles. The fourth-order valence-corrected chi connectivity index (χ4v) is 2.59. The first-order valence-electron chi connectivity index (χ1n) is 7.29. The van der Waals surface area contributed by atoms with Gasteiger partial charge in [0, 0.05) is 13.1 Å². The van der Waals surface area contributed by atoms with Gasteiger partial charge >= 0.3 is 0 Å². The van der Waals surface area contributed by atoms with Crippen LogP contribution in [0.3, 0.4) is 0 Å². The molecule has 0 saturated carbocycles. The molecule has 1 heterocycles. The summed E-state index contributed by atoms with van der Waals surface area (Å²) in [5.74, 6) is 1.02. The van der Waals surface area contributed by atoms with E-state index in [1.54, 1.807) is 18.2 Å². The van der Waals surface area contributed by atoms with Crippen LogP contribution in [0, 0.1) is 0 Å². The Morgan fingerprint density at radius 3 is 2.75 bits per heavy atom. The zero-order valence-corrected chi connectivity index (χ0v) is 14.4. The van der Waals surface area contributed by atoms with Gasteiger partial charge in [-0.3, -0.25) is 4.79 Å². The van der Waals surface area contributed by atoms with E-state index in [1.807, 2.05) is 35.9 Å². The quantitative estimate of drug-likeness (QED) is 0.753. The van der Waals surface area contributed by atoms with Crippen molar-refractivity contribution in [2.45, 2.75) is 6.54 Å². The Bertz CT molecular complexity index is 893. The average molecular weight is 364 g/mol. The minimum absolute atomic E-state index is 0.109. The minimum Gasteiger partial charge on any atom is -0.484 e. The first kappa shape index (κ1) is 16.6. The summed E-state index contributed by atoms with van der Waals surface area (Å²) < 4.78 is 7.35. The highest BCUT2D eigenvalue weighted by Crippen LogP contribution is 2.26. The van der Waals surface area contributed by atoms with Crippen LogP contribution in [0.1, 0.15) is 5.82 Å². The number of halogens is 2. The fraction of sp³-hybridized carbons (Fsp3) is 0.176. The highest BCUT2D eigenvalue weighted by molar-refractivity contribution is 6.42. The van der Waals surface area contributed by atoms with E-state index in [0.717, 1.165) is 16.9 Å². The number of aryl methyl sites for hydroxylation is 1. The summed E-state index contributed by atoms with van der Waals surface area (Å²) >= 11 is 11.7. The lowest BCUT2D eigenvalue weighted by atomic mass is 10.3. The third-order valence-electron chi connectivity index (χ3n) is 3.58. The van der Waals surface area contributed by atoms with Crippen LogP contribution in [0.2, 0.25) is 10.0 Å². The summed E-state index contributed by atoms with van der Waals surface area (Å²) in [6.45, 7) is 0.219. The van der Waals surface area contributed by atoms with Crippen molar-refractivity contribution in [3.8, 4) is 5.75 Å². The molecule has 1 amide bonds. The van der Waals surface area contributed by atoms with E-state index < -0.39 is 0 Å². The number of imidazole rings is 1. The van der Waals surface area contributed by atoms with E-state index in [2.05, 4.69) is 10.3 Å². The second-order valence-electron chi connectivity index (χ2n) is 5.22. The van der Waals surface area contributed by atoms with Crippen molar-refractivity contribution in [3.63, 3.8) is 0 Å². The Hall–Kier alpha value is -2.24. The first-order valence-corrected chi connectivity index (χ1v) is 8.05. The van der Waals surface area contributed by atoms with E-state index >= 15 is 0 Å². The van der Waals surface area contributed by atoms with Crippen LogP contribution in [0.25, 0.3) is 11.0 Å². The molecular formula is C17H15Cl2N3O2. The molecule has 3 rings (SSSR count). The van der Waals surface area contributed by atoms with Gasteiger partial charge in [0.15, 0.2) is 6.61 Å². The minimum atomic E-state index is -0.242. The molecule has 24 heavy (non-hydrogen) atoms. The lowest BCUT2D eigenvalue weighted by molar-refractivity contribution is -0.123. The second kappa shape index (κ2) is 7.11. The Labute approximate surface area is 149 Å². The molecule has 0 atom stereocenters. The van der Waals surface area contributed by atoms with Crippen molar-refractivity contribution in [1.82, 2.24) is 14.9 Å². The van der Waals surface area contributed by atoms with Crippen LogP contribution in [0.4, 0.5) is 0 Å². The van der Waals surface area contributed by atoms with Crippen molar-refractivity contribution in [2.75, 3.05) is 6.61 Å². The molecular weight excluding hydrogens is 349 g/mol. The van der Waals surface area contributed by atoms with Crippen molar-refractivity contribution in [3.05, 3.63) is 58.3 Å². The van der Waals surface area contributed by atoms with Crippen LogP contribution in [-0.4, -0.2) is 22.1 Å². The highest BCUT2D eigenvalue weighted by atomic mass is 35.5. The summed E-state index contributed by atoms with van der Waals surface area (Å²) in [5, 5.41) is 3.61. The molecule has 0 aliphatic rings. The molecule has 0 aliphatic heterocycles. The number of carbonyl (C=O) groups excluding carboxylic acids is 1. The van der Waals surface area contributed by atoms with Gasteiger partial charge in [0.2, 0.25) is 0 Å². The summed E-state index contributed by atoms with van der Waals surface area (Å²) in [4.78, 5) is 16.4. The number of benzene rings is 2. The average Bonchev–Trinajstić information content (AvgIpc) is 2.90. The maximum Gasteiger partial charge on any atom is 0.258 e. The summed E-state index contributed by atoms with van der Waals surface area (Å²) in [7, 11) is 1.92. The number of carbonyl (C=O) groups is 1. The maximum absolute atomic E-state index is 11.9. The van der Waals surface area contributed by atoms with Crippen molar-refractivity contribution >= 4 is 40.1 Å². The SMILES string of the molecule is Cn1c(CNC(=O)COc2ccc(Cl)c(Cl)c2)nc2ccccc21. The number of hydrogen-bond acceptors (Lipinski definition) is 3. The number of amides is 1. The van der Waals surface area contributed by atoms with Gasteiger partial charge < -0.3 is 14.6 Å². The Morgan fingerprint density at radius 1 is 1.21 bits per heavy atom. The predicted octanol–water partition coefficient (Wildman–Crippen LogP) is 3.58. The number of fused-ring (bicyclic) bond motifs is 1. The molecule has 0 saturated heterocycles. The molecule has 0 unspecified atom stereocenters. The molecule has 1 N–H and O–H groups in total. The Kier molecular flexibility index (Phi) is 4.92. The first-order chi connectivity index (χ1) is 11.5. The number of aromatic nitrogens is 2. The third kappa shape index (κ3) is 3.63. The van der Waals surface area contributed by atoms with Crippen LogP contribution in [-0.2, 0) is 18.4 Å². The summed E-state index contributed by atoms with van der Waals surface area (Å²) in [5.41, 5.74) is 1.92. The number of hydrogen-bond donors (Lipinski definition) is 1. The van der Waals surface area contributed by atoms with Gasteiger partial charge in [-0.25, -0.2) is 4.98 Å². The molecule has 0 radical (unpaired) electrons. The number of rotatable bonds is 5. The van der Waals surface area contributed by atoms with E-state index in [-0.39, 0.29) is 12.5 Å². The lowest BCUT2D eigenvalue weighted by Crippen LogP contribution is -2.29. The molecule has 0 fully saturated rings. The maximum atomic E-state index is 11.9. The topological polar surface area (TPSA) is 56.2 Å². The van der Waals surface area contributed by atoms with Crippen LogP contribution >= 0.6 is 23.2 Å². The molecule has 3 aromatic rings. The highest BCUT2D eigenvalue weighted by Gasteiger charge is 2.09. The standard InChI is InChI=1S/C17H15Cl2N3O2/c1-22-15-5-3-2-4-14(15)21-16(22)9-20-17(23)10-24-11-6-7-12(18)13(19)8-11/h2-8H,9-10H2,1H3,(H,20,23). The van der Waals surface area contributed by atoms with E-state index in [9.17, 15) is 4.79 Å². The van der Waals surface area contributed by atoms with E-state index in [4.69, 9.17) is 27.9 Å². The zero-order valence-electron chi connectivity index (χ0n) is 12.9. The summed E-state index contributed by atoms with van der Waals surface area (Å²) in [6, 6.07) is 12.7. The molecule has 0 aliphatic carbocycles. The molecule has 0 bridgehead atoms. The van der Waals surface area contributed by atoms with Crippen LogP contribution in [0.15, 0.2) is 42.5 Å². The molecule has 0 spiro atoms. The number of nitrogens with zero attached hydrogens (tertiary/aromatic N) is 2. The van der Waals surface area contributed by atoms with E-state index in [0.29, 0.717) is 22.3 Å². The molecule has 124 valence electrons.